The van der Waals surface area contributed by atoms with E-state index < -0.39 is 6.10 Å². The van der Waals surface area contributed by atoms with Gasteiger partial charge in [-0.2, -0.15) is 0 Å². The lowest BCUT2D eigenvalue weighted by atomic mass is 10.1. The van der Waals surface area contributed by atoms with E-state index in [0.717, 1.165) is 10.4 Å². The highest BCUT2D eigenvalue weighted by atomic mass is 32.1. The number of halogens is 1. The summed E-state index contributed by atoms with van der Waals surface area (Å²) in [6, 6.07) is 8.76. The number of rotatable bonds is 2. The van der Waals surface area contributed by atoms with Gasteiger partial charge in [0.15, 0.2) is 0 Å². The molecule has 15 heavy (non-hydrogen) atoms. The minimum atomic E-state index is -0.773. The van der Waals surface area contributed by atoms with Gasteiger partial charge in [0.2, 0.25) is 0 Å². The standard InChI is InChI=1S/C12H11FOS/c1-8(14)10-7-9(4-5-11(10)13)12-3-2-6-15-12/h2-8,14H,1H3. The van der Waals surface area contributed by atoms with E-state index in [1.807, 2.05) is 17.5 Å². The molecule has 0 spiro atoms. The number of hydrogen-bond donors (Lipinski definition) is 1. The van der Waals surface area contributed by atoms with Crippen LogP contribution in [-0.4, -0.2) is 5.11 Å². The number of aliphatic hydroxyl groups is 1. The normalized spacial score (nSPS) is 12.7. The second kappa shape index (κ2) is 4.13. The molecule has 2 rings (SSSR count). The molecule has 1 aromatic carbocycles. The van der Waals surface area contributed by atoms with Gasteiger partial charge in [-0.1, -0.05) is 12.1 Å². The third-order valence-corrected chi connectivity index (χ3v) is 3.17. The monoisotopic (exact) mass is 222 g/mol. The molecule has 0 aliphatic rings. The molecule has 0 fully saturated rings. The minimum absolute atomic E-state index is 0.348. The van der Waals surface area contributed by atoms with E-state index in [-0.39, 0.29) is 5.82 Å². The molecule has 0 radical (unpaired) electrons. The van der Waals surface area contributed by atoms with Crippen LogP contribution in [0.3, 0.4) is 0 Å². The maximum atomic E-state index is 13.3. The van der Waals surface area contributed by atoms with Crippen LogP contribution in [0.1, 0.15) is 18.6 Å². The van der Waals surface area contributed by atoms with Gasteiger partial charge in [0.1, 0.15) is 5.82 Å². The molecule has 1 nitrogen and oxygen atoms in total. The van der Waals surface area contributed by atoms with Crippen molar-refractivity contribution in [3.8, 4) is 10.4 Å². The Hall–Kier alpha value is -1.19. The van der Waals surface area contributed by atoms with Crippen LogP contribution in [-0.2, 0) is 0 Å². The molecular weight excluding hydrogens is 211 g/mol. The fourth-order valence-electron chi connectivity index (χ4n) is 1.46. The second-order valence-electron chi connectivity index (χ2n) is 3.39. The molecule has 0 aliphatic carbocycles. The zero-order valence-corrected chi connectivity index (χ0v) is 9.09. The van der Waals surface area contributed by atoms with E-state index in [0.29, 0.717) is 5.56 Å². The van der Waals surface area contributed by atoms with E-state index in [4.69, 9.17) is 0 Å². The largest absolute Gasteiger partial charge is 0.389 e. The molecule has 3 heteroatoms. The first kappa shape index (κ1) is 10.3. The zero-order chi connectivity index (χ0) is 10.8. The molecule has 2 aromatic rings. The van der Waals surface area contributed by atoms with Crippen LogP contribution < -0.4 is 0 Å². The van der Waals surface area contributed by atoms with Crippen molar-refractivity contribution in [1.29, 1.82) is 0 Å². The maximum absolute atomic E-state index is 13.3. The molecule has 0 amide bonds. The molecule has 78 valence electrons. The maximum Gasteiger partial charge on any atom is 0.129 e. The first-order valence-electron chi connectivity index (χ1n) is 4.70. The Labute approximate surface area is 91.8 Å². The van der Waals surface area contributed by atoms with E-state index in [2.05, 4.69) is 0 Å². The molecule has 1 atom stereocenters. The second-order valence-corrected chi connectivity index (χ2v) is 4.34. The number of benzene rings is 1. The van der Waals surface area contributed by atoms with Gasteiger partial charge in [-0.05, 0) is 36.1 Å². The lowest BCUT2D eigenvalue weighted by Gasteiger charge is -2.07. The van der Waals surface area contributed by atoms with Gasteiger partial charge in [-0.15, -0.1) is 11.3 Å². The molecule has 0 saturated heterocycles. The molecule has 0 aliphatic heterocycles. The molecule has 1 aromatic heterocycles. The van der Waals surface area contributed by atoms with Gasteiger partial charge < -0.3 is 5.11 Å². The van der Waals surface area contributed by atoms with E-state index in [9.17, 15) is 9.50 Å². The van der Waals surface area contributed by atoms with Crippen molar-refractivity contribution in [2.75, 3.05) is 0 Å². The predicted molar refractivity (Wildman–Crippen MR) is 60.3 cm³/mol. The van der Waals surface area contributed by atoms with Gasteiger partial charge in [0.05, 0.1) is 6.10 Å². The summed E-state index contributed by atoms with van der Waals surface area (Å²) in [5, 5.41) is 11.4. The molecular formula is C12H11FOS. The lowest BCUT2D eigenvalue weighted by molar-refractivity contribution is 0.194. The van der Waals surface area contributed by atoms with Crippen LogP contribution in [0.5, 0.6) is 0 Å². The van der Waals surface area contributed by atoms with Crippen molar-refractivity contribution >= 4 is 11.3 Å². The summed E-state index contributed by atoms with van der Waals surface area (Å²) in [5.41, 5.74) is 1.29. The molecule has 1 N–H and O–H groups in total. The summed E-state index contributed by atoms with van der Waals surface area (Å²) in [6.45, 7) is 1.57. The highest BCUT2D eigenvalue weighted by molar-refractivity contribution is 7.13. The quantitative estimate of drug-likeness (QED) is 0.823. The fourth-order valence-corrected chi connectivity index (χ4v) is 2.18. The molecule has 0 saturated carbocycles. The van der Waals surface area contributed by atoms with Crippen molar-refractivity contribution in [3.05, 3.63) is 47.1 Å². The van der Waals surface area contributed by atoms with Crippen LogP contribution in [0.15, 0.2) is 35.7 Å². The third-order valence-electron chi connectivity index (χ3n) is 2.25. The van der Waals surface area contributed by atoms with Gasteiger partial charge in [0.25, 0.3) is 0 Å². The highest BCUT2D eigenvalue weighted by Crippen LogP contribution is 2.28. The number of hydrogen-bond acceptors (Lipinski definition) is 2. The highest BCUT2D eigenvalue weighted by Gasteiger charge is 2.09. The molecule has 1 heterocycles. The third kappa shape index (κ3) is 2.08. The molecule has 0 bridgehead atoms. The zero-order valence-electron chi connectivity index (χ0n) is 8.27. The summed E-state index contributed by atoms with van der Waals surface area (Å²) >= 11 is 1.60. The molecule has 1 unspecified atom stereocenters. The Morgan fingerprint density at radius 2 is 2.13 bits per heavy atom. The summed E-state index contributed by atoms with van der Waals surface area (Å²) < 4.78 is 13.3. The Balaban J connectivity index is 2.48. The minimum Gasteiger partial charge on any atom is -0.389 e. The average Bonchev–Trinajstić information content (AvgIpc) is 2.71. The summed E-state index contributed by atoms with van der Waals surface area (Å²) in [7, 11) is 0. The summed E-state index contributed by atoms with van der Waals surface area (Å²) in [6.07, 6.45) is -0.773. The Morgan fingerprint density at radius 1 is 1.33 bits per heavy atom. The van der Waals surface area contributed by atoms with Crippen LogP contribution in [0.25, 0.3) is 10.4 Å². The Bertz CT molecular complexity index is 449. The number of thiophene rings is 1. The summed E-state index contributed by atoms with van der Waals surface area (Å²) in [4.78, 5) is 1.08. The smallest absolute Gasteiger partial charge is 0.129 e. The first-order chi connectivity index (χ1) is 7.18. The Kier molecular flexibility index (Phi) is 2.84. The van der Waals surface area contributed by atoms with Crippen molar-refractivity contribution in [1.82, 2.24) is 0 Å². The van der Waals surface area contributed by atoms with Crippen molar-refractivity contribution < 1.29 is 9.50 Å². The SMILES string of the molecule is CC(O)c1cc(-c2cccs2)ccc1F. The van der Waals surface area contributed by atoms with Crippen LogP contribution >= 0.6 is 11.3 Å². The van der Waals surface area contributed by atoms with Crippen molar-refractivity contribution in [2.24, 2.45) is 0 Å². The predicted octanol–water partition coefficient (Wildman–Crippen LogP) is 3.61. The fraction of sp³-hybridized carbons (Fsp3) is 0.167. The van der Waals surface area contributed by atoms with E-state index in [1.165, 1.54) is 6.07 Å². The lowest BCUT2D eigenvalue weighted by Crippen LogP contribution is -1.95. The van der Waals surface area contributed by atoms with Crippen molar-refractivity contribution in [3.63, 3.8) is 0 Å². The van der Waals surface area contributed by atoms with Gasteiger partial charge in [0, 0.05) is 10.4 Å². The first-order valence-corrected chi connectivity index (χ1v) is 5.58. The van der Waals surface area contributed by atoms with Crippen molar-refractivity contribution in [2.45, 2.75) is 13.0 Å². The topological polar surface area (TPSA) is 20.2 Å². The number of aliphatic hydroxyl groups excluding tert-OH is 1. The average molecular weight is 222 g/mol. The van der Waals surface area contributed by atoms with E-state index >= 15 is 0 Å². The summed E-state index contributed by atoms with van der Waals surface area (Å²) in [5.74, 6) is -0.356. The Morgan fingerprint density at radius 3 is 2.73 bits per heavy atom. The van der Waals surface area contributed by atoms with Gasteiger partial charge in [-0.25, -0.2) is 4.39 Å². The van der Waals surface area contributed by atoms with E-state index in [1.54, 1.807) is 30.4 Å². The van der Waals surface area contributed by atoms with Crippen LogP contribution in [0, 0.1) is 5.82 Å². The van der Waals surface area contributed by atoms with Crippen LogP contribution in [0.4, 0.5) is 4.39 Å². The van der Waals surface area contributed by atoms with Gasteiger partial charge in [-0.3, -0.25) is 0 Å². The van der Waals surface area contributed by atoms with Gasteiger partial charge >= 0.3 is 0 Å². The van der Waals surface area contributed by atoms with Crippen LogP contribution in [0.2, 0.25) is 0 Å².